The number of nitrogens with zero attached hydrogens (tertiary/aromatic N) is 2. The Hall–Kier alpha value is -3.22. The Labute approximate surface area is 188 Å². The molecule has 2 unspecified atom stereocenters. The fraction of sp³-hybridized carbons (Fsp3) is 0.440. The van der Waals surface area contributed by atoms with Crippen LogP contribution in [0.2, 0.25) is 0 Å². The maximum atomic E-state index is 13.1. The largest absolute Gasteiger partial charge is 0.348 e. The van der Waals surface area contributed by atoms with Crippen molar-refractivity contribution in [2.24, 2.45) is 0 Å². The normalized spacial score (nSPS) is 18.7. The van der Waals surface area contributed by atoms with Gasteiger partial charge in [-0.15, -0.1) is 0 Å². The summed E-state index contributed by atoms with van der Waals surface area (Å²) in [5.74, 6) is -0.415. The van der Waals surface area contributed by atoms with E-state index < -0.39 is 11.0 Å². The highest BCUT2D eigenvalue weighted by Gasteiger charge is 2.35. The van der Waals surface area contributed by atoms with Crippen LogP contribution in [0.5, 0.6) is 0 Å². The standard InChI is InChI=1S/C25H29N3O4/c1-16-14-21(11-12-22(16)28(31)32)25(30)27-13-5-8-23(27)24(29)26-17(2)19-10-9-18-6-3-4-7-20(18)15-19/h9-12,14-15,17,23H,3-8,13H2,1-2H3,(H,26,29). The van der Waals surface area contributed by atoms with Crippen LogP contribution in [-0.2, 0) is 17.6 Å². The summed E-state index contributed by atoms with van der Waals surface area (Å²) in [7, 11) is 0. The molecule has 2 aromatic rings. The molecule has 0 saturated carbocycles. The van der Waals surface area contributed by atoms with Crippen LogP contribution in [0.4, 0.5) is 5.69 Å². The van der Waals surface area contributed by atoms with Crippen molar-refractivity contribution in [2.45, 2.75) is 64.5 Å². The summed E-state index contributed by atoms with van der Waals surface area (Å²) in [6.07, 6.45) is 6.02. The first kappa shape index (κ1) is 22.0. The number of nitro groups is 1. The van der Waals surface area contributed by atoms with Crippen molar-refractivity contribution >= 4 is 17.5 Å². The molecule has 0 aromatic heterocycles. The van der Waals surface area contributed by atoms with Gasteiger partial charge in [-0.25, -0.2) is 0 Å². The summed E-state index contributed by atoms with van der Waals surface area (Å²) >= 11 is 0. The zero-order valence-corrected chi connectivity index (χ0v) is 18.6. The third-order valence-electron chi connectivity index (χ3n) is 6.69. The van der Waals surface area contributed by atoms with Crippen LogP contribution in [0.3, 0.4) is 0 Å². The molecule has 7 heteroatoms. The quantitative estimate of drug-likeness (QED) is 0.561. The first-order valence-electron chi connectivity index (χ1n) is 11.3. The lowest BCUT2D eigenvalue weighted by molar-refractivity contribution is -0.385. The lowest BCUT2D eigenvalue weighted by Gasteiger charge is -2.26. The van der Waals surface area contributed by atoms with Crippen LogP contribution in [0, 0.1) is 17.0 Å². The van der Waals surface area contributed by atoms with Gasteiger partial charge in [0.05, 0.1) is 11.0 Å². The van der Waals surface area contributed by atoms with E-state index in [1.807, 2.05) is 6.92 Å². The van der Waals surface area contributed by atoms with Gasteiger partial charge in [0.1, 0.15) is 6.04 Å². The predicted molar refractivity (Wildman–Crippen MR) is 122 cm³/mol. The molecule has 2 aliphatic rings. The van der Waals surface area contributed by atoms with E-state index in [4.69, 9.17) is 0 Å². The Kier molecular flexibility index (Phi) is 6.26. The molecule has 1 N–H and O–H groups in total. The molecule has 32 heavy (non-hydrogen) atoms. The number of hydrogen-bond donors (Lipinski definition) is 1. The van der Waals surface area contributed by atoms with E-state index in [1.165, 1.54) is 42.2 Å². The summed E-state index contributed by atoms with van der Waals surface area (Å²) in [4.78, 5) is 38.4. The average Bonchev–Trinajstić information content (AvgIpc) is 3.28. The van der Waals surface area contributed by atoms with Crippen molar-refractivity contribution < 1.29 is 14.5 Å². The molecule has 1 aliphatic heterocycles. The third kappa shape index (κ3) is 4.38. The predicted octanol–water partition coefficient (Wildman–Crippen LogP) is 4.26. The molecule has 2 amide bonds. The molecule has 2 aromatic carbocycles. The second kappa shape index (κ2) is 9.10. The SMILES string of the molecule is Cc1cc(C(=O)N2CCCC2C(=O)NC(C)c2ccc3c(c2)CCCC3)ccc1[N+](=O)[O-]. The maximum absolute atomic E-state index is 13.1. The highest BCUT2D eigenvalue weighted by molar-refractivity contribution is 5.98. The van der Waals surface area contributed by atoms with E-state index in [0.717, 1.165) is 24.8 Å². The Bertz CT molecular complexity index is 1070. The van der Waals surface area contributed by atoms with Gasteiger partial charge in [-0.3, -0.25) is 19.7 Å². The second-order valence-electron chi connectivity index (χ2n) is 8.88. The molecular weight excluding hydrogens is 406 g/mol. The molecule has 168 valence electrons. The number of aryl methyl sites for hydroxylation is 3. The highest BCUT2D eigenvalue weighted by atomic mass is 16.6. The Morgan fingerprint density at radius 1 is 1.09 bits per heavy atom. The van der Waals surface area contributed by atoms with Gasteiger partial charge in [-0.05, 0) is 81.2 Å². The lowest BCUT2D eigenvalue weighted by atomic mass is 9.89. The summed E-state index contributed by atoms with van der Waals surface area (Å²) in [5, 5.41) is 14.2. The molecule has 1 saturated heterocycles. The Balaban J connectivity index is 1.46. The van der Waals surface area contributed by atoms with E-state index in [9.17, 15) is 19.7 Å². The van der Waals surface area contributed by atoms with Crippen LogP contribution in [-0.4, -0.2) is 34.2 Å². The molecule has 1 heterocycles. The highest BCUT2D eigenvalue weighted by Crippen LogP contribution is 2.27. The number of carbonyl (C=O) groups excluding carboxylic acids is 2. The topological polar surface area (TPSA) is 92.6 Å². The molecule has 0 radical (unpaired) electrons. The van der Waals surface area contributed by atoms with Crippen LogP contribution < -0.4 is 5.32 Å². The third-order valence-corrected chi connectivity index (χ3v) is 6.69. The molecule has 0 spiro atoms. The van der Waals surface area contributed by atoms with Gasteiger partial charge in [0.15, 0.2) is 0 Å². The molecule has 0 bridgehead atoms. The number of nitrogens with one attached hydrogen (secondary N) is 1. The fourth-order valence-corrected chi connectivity index (χ4v) is 4.86. The zero-order chi connectivity index (χ0) is 22.8. The van der Waals surface area contributed by atoms with Crippen molar-refractivity contribution in [3.63, 3.8) is 0 Å². The minimum absolute atomic E-state index is 0.0175. The monoisotopic (exact) mass is 435 g/mol. The van der Waals surface area contributed by atoms with Crippen LogP contribution >= 0.6 is 0 Å². The molecule has 2 atom stereocenters. The average molecular weight is 436 g/mol. The minimum Gasteiger partial charge on any atom is -0.348 e. The molecule has 7 nitrogen and oxygen atoms in total. The maximum Gasteiger partial charge on any atom is 0.272 e. The van der Waals surface area contributed by atoms with Crippen molar-refractivity contribution in [2.75, 3.05) is 6.54 Å². The number of hydrogen-bond acceptors (Lipinski definition) is 4. The number of benzene rings is 2. The molecule has 1 fully saturated rings. The van der Waals surface area contributed by atoms with Crippen molar-refractivity contribution in [3.8, 4) is 0 Å². The smallest absolute Gasteiger partial charge is 0.272 e. The van der Waals surface area contributed by atoms with Gasteiger partial charge in [-0.1, -0.05) is 18.2 Å². The minimum atomic E-state index is -0.530. The van der Waals surface area contributed by atoms with E-state index >= 15 is 0 Å². The summed E-state index contributed by atoms with van der Waals surface area (Å²) in [5.41, 5.74) is 4.65. The first-order valence-corrected chi connectivity index (χ1v) is 11.3. The van der Waals surface area contributed by atoms with Crippen molar-refractivity contribution in [1.29, 1.82) is 0 Å². The van der Waals surface area contributed by atoms with Gasteiger partial charge in [0.2, 0.25) is 5.91 Å². The number of nitro benzene ring substituents is 1. The van der Waals surface area contributed by atoms with Gasteiger partial charge >= 0.3 is 0 Å². The Morgan fingerprint density at radius 3 is 2.56 bits per heavy atom. The zero-order valence-electron chi connectivity index (χ0n) is 18.6. The van der Waals surface area contributed by atoms with Crippen LogP contribution in [0.1, 0.15) is 71.3 Å². The number of rotatable bonds is 5. The summed E-state index contributed by atoms with van der Waals surface area (Å²) in [6, 6.07) is 10.1. The summed E-state index contributed by atoms with van der Waals surface area (Å²) in [6.45, 7) is 4.09. The Morgan fingerprint density at radius 2 is 1.84 bits per heavy atom. The molecular formula is C25H29N3O4. The van der Waals surface area contributed by atoms with Gasteiger partial charge in [0.25, 0.3) is 11.6 Å². The lowest BCUT2D eigenvalue weighted by Crippen LogP contribution is -2.46. The van der Waals surface area contributed by atoms with E-state index in [1.54, 1.807) is 11.8 Å². The van der Waals surface area contributed by atoms with Crippen LogP contribution in [0.15, 0.2) is 36.4 Å². The second-order valence-corrected chi connectivity index (χ2v) is 8.88. The van der Waals surface area contributed by atoms with Gasteiger partial charge < -0.3 is 10.2 Å². The number of likely N-dealkylation sites (tertiary alicyclic amines) is 1. The molecule has 4 rings (SSSR count). The summed E-state index contributed by atoms with van der Waals surface area (Å²) < 4.78 is 0. The first-order chi connectivity index (χ1) is 15.3. The van der Waals surface area contributed by atoms with Crippen molar-refractivity contribution in [3.05, 3.63) is 74.3 Å². The van der Waals surface area contributed by atoms with E-state index in [0.29, 0.717) is 24.1 Å². The molecule has 1 aliphatic carbocycles. The van der Waals surface area contributed by atoms with E-state index in [-0.39, 0.29) is 23.5 Å². The van der Waals surface area contributed by atoms with Crippen LogP contribution in [0.25, 0.3) is 0 Å². The fourth-order valence-electron chi connectivity index (χ4n) is 4.86. The van der Waals surface area contributed by atoms with E-state index in [2.05, 4.69) is 23.5 Å². The van der Waals surface area contributed by atoms with Gasteiger partial charge in [-0.2, -0.15) is 0 Å². The number of fused-ring (bicyclic) bond motifs is 1. The van der Waals surface area contributed by atoms with Gasteiger partial charge in [0, 0.05) is 23.7 Å². The number of amides is 2. The van der Waals surface area contributed by atoms with Crippen molar-refractivity contribution in [1.82, 2.24) is 10.2 Å². The number of carbonyl (C=O) groups is 2.